The lowest BCUT2D eigenvalue weighted by Gasteiger charge is -2.05. The number of nitrogens with zero attached hydrogens (tertiary/aromatic N) is 2. The van der Waals surface area contributed by atoms with E-state index in [-0.39, 0.29) is 6.61 Å². The van der Waals surface area contributed by atoms with Crippen molar-refractivity contribution in [2.45, 2.75) is 20.0 Å². The summed E-state index contributed by atoms with van der Waals surface area (Å²) in [5, 5.41) is 11.9. The fourth-order valence-corrected chi connectivity index (χ4v) is 1.06. The van der Waals surface area contributed by atoms with Crippen LogP contribution in [0.1, 0.15) is 12.7 Å². The van der Waals surface area contributed by atoms with Crippen molar-refractivity contribution in [1.82, 2.24) is 14.9 Å². The lowest BCUT2D eigenvalue weighted by Crippen LogP contribution is -2.17. The van der Waals surface area contributed by atoms with Gasteiger partial charge in [-0.05, 0) is 6.54 Å². The van der Waals surface area contributed by atoms with Gasteiger partial charge >= 0.3 is 0 Å². The van der Waals surface area contributed by atoms with E-state index in [1.807, 2.05) is 10.8 Å². The molecule has 0 spiro atoms. The molecule has 1 heterocycles. The maximum atomic E-state index is 8.72. The number of imidazole rings is 1. The van der Waals surface area contributed by atoms with Crippen LogP contribution in [0.2, 0.25) is 0 Å². The van der Waals surface area contributed by atoms with Gasteiger partial charge < -0.3 is 15.0 Å². The van der Waals surface area contributed by atoms with Gasteiger partial charge in [0.25, 0.3) is 0 Å². The minimum Gasteiger partial charge on any atom is -0.395 e. The summed E-state index contributed by atoms with van der Waals surface area (Å²) in [5.41, 5.74) is 0. The van der Waals surface area contributed by atoms with E-state index in [2.05, 4.69) is 17.2 Å². The molecule has 68 valence electrons. The number of hydrogen-bond acceptors (Lipinski definition) is 3. The van der Waals surface area contributed by atoms with Crippen molar-refractivity contribution < 1.29 is 5.11 Å². The van der Waals surface area contributed by atoms with E-state index in [4.69, 9.17) is 5.11 Å². The van der Waals surface area contributed by atoms with Gasteiger partial charge in [-0.2, -0.15) is 0 Å². The van der Waals surface area contributed by atoms with Crippen molar-refractivity contribution in [3.63, 3.8) is 0 Å². The van der Waals surface area contributed by atoms with Crippen LogP contribution >= 0.6 is 0 Å². The maximum absolute atomic E-state index is 8.72. The maximum Gasteiger partial charge on any atom is 0.122 e. The van der Waals surface area contributed by atoms with Gasteiger partial charge in [-0.25, -0.2) is 4.98 Å². The Hall–Kier alpha value is -0.870. The second-order valence-electron chi connectivity index (χ2n) is 2.54. The first-order chi connectivity index (χ1) is 5.88. The quantitative estimate of drug-likeness (QED) is 0.651. The van der Waals surface area contributed by atoms with Crippen LogP contribution in [0.15, 0.2) is 12.4 Å². The number of aromatic nitrogens is 2. The van der Waals surface area contributed by atoms with Gasteiger partial charge in [0.05, 0.1) is 13.2 Å². The first kappa shape index (κ1) is 9.22. The highest BCUT2D eigenvalue weighted by atomic mass is 16.3. The number of hydrogen-bond donors (Lipinski definition) is 2. The zero-order chi connectivity index (χ0) is 8.81. The topological polar surface area (TPSA) is 50.1 Å². The molecule has 0 fully saturated rings. The van der Waals surface area contributed by atoms with Crippen LogP contribution in [0.3, 0.4) is 0 Å². The molecule has 0 amide bonds. The van der Waals surface area contributed by atoms with E-state index in [0.29, 0.717) is 6.54 Å². The predicted octanol–water partition coefficient (Wildman–Crippen LogP) is -0.0151. The molecule has 0 radical (unpaired) electrons. The first-order valence-electron chi connectivity index (χ1n) is 4.20. The SMILES string of the molecule is CCNCc1nccn1CCO. The van der Waals surface area contributed by atoms with Crippen molar-refractivity contribution >= 4 is 0 Å². The van der Waals surface area contributed by atoms with Crippen LogP contribution in [-0.4, -0.2) is 27.8 Å². The molecule has 4 nitrogen and oxygen atoms in total. The molecule has 0 saturated carbocycles. The normalized spacial score (nSPS) is 10.5. The third kappa shape index (κ3) is 2.32. The van der Waals surface area contributed by atoms with E-state index in [9.17, 15) is 0 Å². The summed E-state index contributed by atoms with van der Waals surface area (Å²) in [5.74, 6) is 0.978. The van der Waals surface area contributed by atoms with Crippen LogP contribution in [0.25, 0.3) is 0 Å². The highest BCUT2D eigenvalue weighted by Gasteiger charge is 1.99. The molecule has 0 aliphatic rings. The summed E-state index contributed by atoms with van der Waals surface area (Å²) >= 11 is 0. The molecule has 4 heteroatoms. The Balaban J connectivity index is 2.51. The number of aliphatic hydroxyl groups is 1. The molecule has 0 saturated heterocycles. The molecule has 0 unspecified atom stereocenters. The largest absolute Gasteiger partial charge is 0.395 e. The van der Waals surface area contributed by atoms with E-state index >= 15 is 0 Å². The molecule has 1 rings (SSSR count). The zero-order valence-electron chi connectivity index (χ0n) is 7.32. The average molecular weight is 169 g/mol. The molecule has 1 aromatic heterocycles. The van der Waals surface area contributed by atoms with Gasteiger partial charge in [0.1, 0.15) is 5.82 Å². The number of rotatable bonds is 5. The Morgan fingerprint density at radius 3 is 3.17 bits per heavy atom. The highest BCUT2D eigenvalue weighted by Crippen LogP contribution is 1.95. The summed E-state index contributed by atoms with van der Waals surface area (Å²) in [6.07, 6.45) is 3.63. The summed E-state index contributed by atoms with van der Waals surface area (Å²) < 4.78 is 1.95. The van der Waals surface area contributed by atoms with Gasteiger partial charge in [-0.1, -0.05) is 6.92 Å². The van der Waals surface area contributed by atoms with E-state index < -0.39 is 0 Å². The molecule has 0 bridgehead atoms. The number of nitrogens with one attached hydrogen (secondary N) is 1. The van der Waals surface area contributed by atoms with Crippen LogP contribution in [0.5, 0.6) is 0 Å². The lowest BCUT2D eigenvalue weighted by atomic mass is 10.5. The van der Waals surface area contributed by atoms with Gasteiger partial charge in [0, 0.05) is 18.9 Å². The molecule has 0 aliphatic carbocycles. The van der Waals surface area contributed by atoms with Crippen molar-refractivity contribution in [2.24, 2.45) is 0 Å². The van der Waals surface area contributed by atoms with Crippen LogP contribution in [-0.2, 0) is 13.1 Å². The Morgan fingerprint density at radius 2 is 2.50 bits per heavy atom. The number of aliphatic hydroxyl groups excluding tert-OH is 1. The van der Waals surface area contributed by atoms with Gasteiger partial charge in [0.15, 0.2) is 0 Å². The molecule has 2 N–H and O–H groups in total. The molecule has 12 heavy (non-hydrogen) atoms. The van der Waals surface area contributed by atoms with Crippen LogP contribution in [0, 0.1) is 0 Å². The van der Waals surface area contributed by atoms with Crippen molar-refractivity contribution in [1.29, 1.82) is 0 Å². The van der Waals surface area contributed by atoms with E-state index in [1.165, 1.54) is 0 Å². The van der Waals surface area contributed by atoms with Crippen molar-refractivity contribution in [2.75, 3.05) is 13.2 Å². The summed E-state index contributed by atoms with van der Waals surface area (Å²) in [6.45, 7) is 4.55. The zero-order valence-corrected chi connectivity index (χ0v) is 7.32. The molecular formula is C8H15N3O. The predicted molar refractivity (Wildman–Crippen MR) is 46.7 cm³/mol. The minimum atomic E-state index is 0.162. The summed E-state index contributed by atoms with van der Waals surface area (Å²) in [6, 6.07) is 0. The third-order valence-electron chi connectivity index (χ3n) is 1.68. The molecular weight excluding hydrogens is 154 g/mol. The van der Waals surface area contributed by atoms with Crippen LogP contribution < -0.4 is 5.32 Å². The van der Waals surface area contributed by atoms with Gasteiger partial charge in [0.2, 0.25) is 0 Å². The van der Waals surface area contributed by atoms with Crippen LogP contribution in [0.4, 0.5) is 0 Å². The lowest BCUT2D eigenvalue weighted by molar-refractivity contribution is 0.274. The van der Waals surface area contributed by atoms with Gasteiger partial charge in [-0.15, -0.1) is 0 Å². The Bertz CT molecular complexity index is 222. The second-order valence-corrected chi connectivity index (χ2v) is 2.54. The molecule has 0 aliphatic heterocycles. The molecule has 0 atom stereocenters. The smallest absolute Gasteiger partial charge is 0.122 e. The second kappa shape index (κ2) is 4.90. The Kier molecular flexibility index (Phi) is 3.76. The van der Waals surface area contributed by atoms with E-state index in [0.717, 1.165) is 18.9 Å². The minimum absolute atomic E-state index is 0.162. The van der Waals surface area contributed by atoms with Gasteiger partial charge in [-0.3, -0.25) is 0 Å². The Morgan fingerprint density at radius 1 is 1.67 bits per heavy atom. The highest BCUT2D eigenvalue weighted by molar-refractivity contribution is 4.91. The third-order valence-corrected chi connectivity index (χ3v) is 1.68. The molecule has 1 aromatic rings. The Labute approximate surface area is 72.2 Å². The summed E-state index contributed by atoms with van der Waals surface area (Å²) in [4.78, 5) is 4.16. The van der Waals surface area contributed by atoms with Crippen molar-refractivity contribution in [3.8, 4) is 0 Å². The molecule has 0 aromatic carbocycles. The monoisotopic (exact) mass is 169 g/mol. The van der Waals surface area contributed by atoms with E-state index in [1.54, 1.807) is 6.20 Å². The fraction of sp³-hybridized carbons (Fsp3) is 0.625. The van der Waals surface area contributed by atoms with Crippen molar-refractivity contribution in [3.05, 3.63) is 18.2 Å². The summed E-state index contributed by atoms with van der Waals surface area (Å²) in [7, 11) is 0. The standard InChI is InChI=1S/C8H15N3O/c1-2-9-7-8-10-3-4-11(8)5-6-12/h3-4,9,12H,2,5-7H2,1H3. The average Bonchev–Trinajstić information content (AvgIpc) is 2.50. The fourth-order valence-electron chi connectivity index (χ4n) is 1.06. The first-order valence-corrected chi connectivity index (χ1v) is 4.20.